The summed E-state index contributed by atoms with van der Waals surface area (Å²) in [4.78, 5) is 23.0. The van der Waals surface area contributed by atoms with Crippen molar-refractivity contribution in [2.75, 3.05) is 13.7 Å². The highest BCUT2D eigenvalue weighted by Gasteiger charge is 2.17. The van der Waals surface area contributed by atoms with Crippen LogP contribution in [0.1, 0.15) is 27.7 Å². The third-order valence-corrected chi connectivity index (χ3v) is 3.09. The molecular weight excluding hydrogens is 286 g/mol. The van der Waals surface area contributed by atoms with Crippen LogP contribution in [0.4, 0.5) is 0 Å². The lowest BCUT2D eigenvalue weighted by Gasteiger charge is -2.15. The summed E-state index contributed by atoms with van der Waals surface area (Å²) in [6.07, 6.45) is 1.61. The lowest BCUT2D eigenvalue weighted by atomic mass is 10.1. The second kappa shape index (κ2) is 7.42. The van der Waals surface area contributed by atoms with Gasteiger partial charge < -0.3 is 19.6 Å². The molecule has 1 unspecified atom stereocenters. The summed E-state index contributed by atoms with van der Waals surface area (Å²) in [5, 5.41) is 11.8. The van der Waals surface area contributed by atoms with Gasteiger partial charge in [0.25, 0.3) is 0 Å². The van der Waals surface area contributed by atoms with E-state index in [1.807, 2.05) is 0 Å². The molecule has 0 saturated carbocycles. The molecule has 2 aromatic rings. The van der Waals surface area contributed by atoms with Gasteiger partial charge in [-0.1, -0.05) is 12.1 Å². The van der Waals surface area contributed by atoms with E-state index in [9.17, 15) is 9.59 Å². The Morgan fingerprint density at radius 1 is 1.32 bits per heavy atom. The standard InChI is InChI=1S/C16H17NO5/c1-21-10-13(14-6-3-7-22-14)17-15(18)9-11-4-2-5-12(8-11)16(19)20/h2-8,13H,9-10H2,1H3,(H,17,18)(H,19,20). The maximum Gasteiger partial charge on any atom is 0.335 e. The van der Waals surface area contributed by atoms with Gasteiger partial charge in [-0.25, -0.2) is 4.79 Å². The molecule has 22 heavy (non-hydrogen) atoms. The number of hydrogen-bond acceptors (Lipinski definition) is 4. The molecule has 0 aliphatic rings. The van der Waals surface area contributed by atoms with Crippen molar-refractivity contribution in [1.29, 1.82) is 0 Å². The zero-order valence-electron chi connectivity index (χ0n) is 12.1. The molecule has 1 atom stereocenters. The van der Waals surface area contributed by atoms with Crippen molar-refractivity contribution in [3.05, 3.63) is 59.5 Å². The lowest BCUT2D eigenvalue weighted by Crippen LogP contribution is -2.32. The van der Waals surface area contributed by atoms with Gasteiger partial charge in [0.2, 0.25) is 5.91 Å². The van der Waals surface area contributed by atoms with Gasteiger partial charge in [-0.15, -0.1) is 0 Å². The molecule has 1 amide bonds. The van der Waals surface area contributed by atoms with Crippen molar-refractivity contribution in [3.63, 3.8) is 0 Å². The number of rotatable bonds is 7. The molecule has 116 valence electrons. The number of aromatic carboxylic acids is 1. The fourth-order valence-electron chi connectivity index (χ4n) is 2.10. The van der Waals surface area contributed by atoms with Crippen molar-refractivity contribution < 1.29 is 23.8 Å². The average Bonchev–Trinajstić information content (AvgIpc) is 3.01. The normalized spacial score (nSPS) is 11.9. The summed E-state index contributed by atoms with van der Waals surface area (Å²) in [7, 11) is 1.54. The Morgan fingerprint density at radius 3 is 2.77 bits per heavy atom. The van der Waals surface area contributed by atoms with E-state index >= 15 is 0 Å². The zero-order valence-corrected chi connectivity index (χ0v) is 12.1. The van der Waals surface area contributed by atoms with E-state index in [1.165, 1.54) is 18.4 Å². The van der Waals surface area contributed by atoms with Crippen LogP contribution in [0.25, 0.3) is 0 Å². The van der Waals surface area contributed by atoms with Crippen LogP contribution in [0.5, 0.6) is 0 Å². The van der Waals surface area contributed by atoms with Crippen LogP contribution < -0.4 is 5.32 Å². The minimum absolute atomic E-state index is 0.0854. The third kappa shape index (κ3) is 4.20. The van der Waals surface area contributed by atoms with Gasteiger partial charge >= 0.3 is 5.97 Å². The topological polar surface area (TPSA) is 88.8 Å². The average molecular weight is 303 g/mol. The SMILES string of the molecule is COCC(NC(=O)Cc1cccc(C(=O)O)c1)c1ccco1. The molecule has 0 aliphatic carbocycles. The Bertz CT molecular complexity index is 636. The first kappa shape index (κ1) is 15.8. The van der Waals surface area contributed by atoms with Crippen LogP contribution in [-0.2, 0) is 16.0 Å². The first-order valence-corrected chi connectivity index (χ1v) is 6.74. The molecular formula is C16H17NO5. The van der Waals surface area contributed by atoms with Gasteiger partial charge in [-0.3, -0.25) is 4.79 Å². The van der Waals surface area contributed by atoms with E-state index in [2.05, 4.69) is 5.32 Å². The molecule has 6 heteroatoms. The van der Waals surface area contributed by atoms with Gasteiger partial charge in [0.05, 0.1) is 24.9 Å². The molecule has 0 aliphatic heterocycles. The number of carbonyl (C=O) groups is 2. The first-order valence-electron chi connectivity index (χ1n) is 6.74. The molecule has 0 fully saturated rings. The highest BCUT2D eigenvalue weighted by molar-refractivity contribution is 5.88. The van der Waals surface area contributed by atoms with Gasteiger partial charge in [-0.2, -0.15) is 0 Å². The Hall–Kier alpha value is -2.60. The summed E-state index contributed by atoms with van der Waals surface area (Å²) in [5.41, 5.74) is 0.790. The summed E-state index contributed by atoms with van der Waals surface area (Å²) >= 11 is 0. The van der Waals surface area contributed by atoms with Crippen LogP contribution in [0.15, 0.2) is 47.1 Å². The quantitative estimate of drug-likeness (QED) is 0.817. The van der Waals surface area contributed by atoms with Crippen LogP contribution >= 0.6 is 0 Å². The number of furan rings is 1. The van der Waals surface area contributed by atoms with Crippen LogP contribution in [0, 0.1) is 0 Å². The Morgan fingerprint density at radius 2 is 2.14 bits per heavy atom. The zero-order chi connectivity index (χ0) is 15.9. The summed E-state index contributed by atoms with van der Waals surface area (Å²) in [6, 6.07) is 9.42. The first-order chi connectivity index (χ1) is 10.6. The Balaban J connectivity index is 2.02. The molecule has 2 N–H and O–H groups in total. The fraction of sp³-hybridized carbons (Fsp3) is 0.250. The van der Waals surface area contributed by atoms with Crippen LogP contribution in [0.2, 0.25) is 0 Å². The van der Waals surface area contributed by atoms with Crippen LogP contribution in [0.3, 0.4) is 0 Å². The fourth-order valence-corrected chi connectivity index (χ4v) is 2.10. The molecule has 0 spiro atoms. The largest absolute Gasteiger partial charge is 0.478 e. The van der Waals surface area contributed by atoms with E-state index in [0.29, 0.717) is 11.3 Å². The van der Waals surface area contributed by atoms with E-state index in [4.69, 9.17) is 14.3 Å². The van der Waals surface area contributed by atoms with Crippen LogP contribution in [-0.4, -0.2) is 30.7 Å². The van der Waals surface area contributed by atoms with Crippen molar-refractivity contribution in [2.45, 2.75) is 12.5 Å². The minimum atomic E-state index is -1.02. The summed E-state index contributed by atoms with van der Waals surface area (Å²) < 4.78 is 10.4. The number of nitrogens with one attached hydrogen (secondary N) is 1. The Kier molecular flexibility index (Phi) is 5.32. The van der Waals surface area contributed by atoms with Crippen molar-refractivity contribution >= 4 is 11.9 Å². The predicted molar refractivity (Wildman–Crippen MR) is 78.6 cm³/mol. The van der Waals surface area contributed by atoms with Gasteiger partial charge in [0.1, 0.15) is 11.8 Å². The second-order valence-electron chi connectivity index (χ2n) is 4.77. The molecule has 0 bridgehead atoms. The highest BCUT2D eigenvalue weighted by atomic mass is 16.5. The van der Waals surface area contributed by atoms with E-state index in [-0.39, 0.29) is 30.5 Å². The molecule has 1 aromatic heterocycles. The highest BCUT2D eigenvalue weighted by Crippen LogP contribution is 2.14. The van der Waals surface area contributed by atoms with Gasteiger partial charge in [-0.05, 0) is 29.8 Å². The predicted octanol–water partition coefficient (Wildman–Crippen LogP) is 2.02. The van der Waals surface area contributed by atoms with Gasteiger partial charge in [0.15, 0.2) is 0 Å². The monoisotopic (exact) mass is 303 g/mol. The number of ether oxygens (including phenoxy) is 1. The number of hydrogen-bond donors (Lipinski definition) is 2. The van der Waals surface area contributed by atoms with E-state index in [0.717, 1.165) is 0 Å². The maximum absolute atomic E-state index is 12.1. The summed E-state index contributed by atoms with van der Waals surface area (Å²) in [6.45, 7) is 0.286. The summed E-state index contributed by atoms with van der Waals surface area (Å²) in [5.74, 6) is -0.648. The van der Waals surface area contributed by atoms with Crippen molar-refractivity contribution in [2.24, 2.45) is 0 Å². The Labute approximate surface area is 127 Å². The van der Waals surface area contributed by atoms with Gasteiger partial charge in [0, 0.05) is 7.11 Å². The molecule has 0 saturated heterocycles. The number of amides is 1. The number of benzene rings is 1. The molecule has 6 nitrogen and oxygen atoms in total. The number of carbonyl (C=O) groups excluding carboxylic acids is 1. The maximum atomic E-state index is 12.1. The number of carboxylic acid groups (broad SMARTS) is 1. The second-order valence-corrected chi connectivity index (χ2v) is 4.77. The smallest absolute Gasteiger partial charge is 0.335 e. The number of carboxylic acids is 1. The number of methoxy groups -OCH3 is 1. The van der Waals surface area contributed by atoms with Crippen molar-refractivity contribution in [3.8, 4) is 0 Å². The van der Waals surface area contributed by atoms with E-state index in [1.54, 1.807) is 31.4 Å². The molecule has 0 radical (unpaired) electrons. The van der Waals surface area contributed by atoms with E-state index < -0.39 is 5.97 Å². The van der Waals surface area contributed by atoms with Crippen molar-refractivity contribution in [1.82, 2.24) is 5.32 Å². The molecule has 1 heterocycles. The molecule has 2 rings (SSSR count). The third-order valence-electron chi connectivity index (χ3n) is 3.09. The molecule has 1 aromatic carbocycles. The minimum Gasteiger partial charge on any atom is -0.478 e. The lowest BCUT2D eigenvalue weighted by molar-refractivity contribution is -0.121.